The first-order valence-corrected chi connectivity index (χ1v) is 7.72. The Kier molecular flexibility index (Phi) is 4.14. The van der Waals surface area contributed by atoms with Gasteiger partial charge in [0.15, 0.2) is 5.82 Å². The highest BCUT2D eigenvalue weighted by atomic mass is 16.4. The molecule has 1 atom stereocenters. The number of benzene rings is 1. The summed E-state index contributed by atoms with van der Waals surface area (Å²) >= 11 is 0. The summed E-state index contributed by atoms with van der Waals surface area (Å²) in [6.45, 7) is 3.22. The molecule has 1 fully saturated rings. The zero-order valence-electron chi connectivity index (χ0n) is 13.1. The van der Waals surface area contributed by atoms with Crippen molar-refractivity contribution in [1.82, 2.24) is 9.97 Å². The van der Waals surface area contributed by atoms with Gasteiger partial charge < -0.3 is 15.7 Å². The highest BCUT2D eigenvalue weighted by Crippen LogP contribution is 2.25. The zero-order valence-corrected chi connectivity index (χ0v) is 13.1. The fourth-order valence-corrected chi connectivity index (χ4v) is 2.91. The van der Waals surface area contributed by atoms with Gasteiger partial charge in [-0.1, -0.05) is 12.1 Å². The Labute approximate surface area is 135 Å². The molecular formula is C17H20N4O2. The van der Waals surface area contributed by atoms with Crippen LogP contribution in [0.1, 0.15) is 18.5 Å². The van der Waals surface area contributed by atoms with Crippen LogP contribution in [-0.2, 0) is 4.79 Å². The quantitative estimate of drug-likeness (QED) is 0.845. The molecule has 0 bridgehead atoms. The molecule has 0 radical (unpaired) electrons. The van der Waals surface area contributed by atoms with Gasteiger partial charge in [0.1, 0.15) is 5.82 Å². The Balaban J connectivity index is 1.93. The lowest BCUT2D eigenvalue weighted by Crippen LogP contribution is -2.39. The van der Waals surface area contributed by atoms with Crippen LogP contribution in [0.4, 0.5) is 11.5 Å². The van der Waals surface area contributed by atoms with Crippen LogP contribution in [0.2, 0.25) is 0 Å². The molecule has 2 aromatic rings. The van der Waals surface area contributed by atoms with Crippen LogP contribution in [0.15, 0.2) is 30.3 Å². The number of aliphatic carboxylic acids is 1. The lowest BCUT2D eigenvalue weighted by Gasteiger charge is -2.31. The third kappa shape index (κ3) is 3.41. The predicted molar refractivity (Wildman–Crippen MR) is 89.2 cm³/mol. The first-order valence-electron chi connectivity index (χ1n) is 7.72. The van der Waals surface area contributed by atoms with E-state index in [0.29, 0.717) is 18.1 Å². The van der Waals surface area contributed by atoms with Crippen molar-refractivity contribution in [2.75, 3.05) is 23.7 Å². The Morgan fingerprint density at radius 3 is 2.91 bits per heavy atom. The first kappa shape index (κ1) is 15.3. The van der Waals surface area contributed by atoms with Gasteiger partial charge in [-0.25, -0.2) is 9.97 Å². The average Bonchev–Trinajstić information content (AvgIpc) is 2.54. The molecule has 3 rings (SSSR count). The number of hydrogen-bond donors (Lipinski definition) is 2. The summed E-state index contributed by atoms with van der Waals surface area (Å²) in [5.41, 5.74) is 8.21. The van der Waals surface area contributed by atoms with E-state index in [1.807, 2.05) is 42.2 Å². The van der Waals surface area contributed by atoms with Gasteiger partial charge in [-0.2, -0.15) is 0 Å². The minimum Gasteiger partial charge on any atom is -0.481 e. The van der Waals surface area contributed by atoms with Crippen molar-refractivity contribution in [3.8, 4) is 11.4 Å². The molecule has 1 aliphatic rings. The largest absolute Gasteiger partial charge is 0.481 e. The number of carbonyl (C=O) groups is 1. The lowest BCUT2D eigenvalue weighted by atomic mass is 9.98. The van der Waals surface area contributed by atoms with Crippen molar-refractivity contribution >= 4 is 17.5 Å². The Hall–Kier alpha value is -2.63. The summed E-state index contributed by atoms with van der Waals surface area (Å²) in [5, 5.41) is 9.25. The minimum absolute atomic E-state index is 0.338. The van der Waals surface area contributed by atoms with E-state index in [1.54, 1.807) is 0 Å². The number of nitrogens with two attached hydrogens (primary N) is 1. The summed E-state index contributed by atoms with van der Waals surface area (Å²) in [5.74, 6) is 0.317. The predicted octanol–water partition coefficient (Wildman–Crippen LogP) is 2.34. The van der Waals surface area contributed by atoms with Crippen molar-refractivity contribution in [2.24, 2.45) is 5.92 Å². The van der Waals surface area contributed by atoms with Gasteiger partial charge in [0.05, 0.1) is 5.92 Å². The molecule has 2 heterocycles. The van der Waals surface area contributed by atoms with Gasteiger partial charge in [-0.3, -0.25) is 4.79 Å². The smallest absolute Gasteiger partial charge is 0.308 e. The standard InChI is InChI=1S/C17H20N4O2/c1-11-8-15(21-7-3-5-13(10-21)17(22)23)20-16(19-11)12-4-2-6-14(18)9-12/h2,4,6,8-9,13H,3,5,7,10,18H2,1H3,(H,22,23). The minimum atomic E-state index is -0.739. The van der Waals surface area contributed by atoms with E-state index in [0.717, 1.165) is 36.5 Å². The molecule has 1 aliphatic heterocycles. The number of carboxylic acids is 1. The van der Waals surface area contributed by atoms with Crippen LogP contribution < -0.4 is 10.6 Å². The SMILES string of the molecule is Cc1cc(N2CCCC(C(=O)O)C2)nc(-c2cccc(N)c2)n1. The second kappa shape index (κ2) is 6.24. The number of nitrogens with zero attached hydrogens (tertiary/aromatic N) is 3. The van der Waals surface area contributed by atoms with Gasteiger partial charge in [0.2, 0.25) is 0 Å². The van der Waals surface area contributed by atoms with Crippen molar-refractivity contribution in [1.29, 1.82) is 0 Å². The van der Waals surface area contributed by atoms with Crippen LogP contribution >= 0.6 is 0 Å². The van der Waals surface area contributed by atoms with E-state index in [2.05, 4.69) is 9.97 Å². The maximum absolute atomic E-state index is 11.3. The Morgan fingerprint density at radius 2 is 2.17 bits per heavy atom. The summed E-state index contributed by atoms with van der Waals surface area (Å²) in [6.07, 6.45) is 1.58. The topological polar surface area (TPSA) is 92.3 Å². The van der Waals surface area contributed by atoms with Crippen LogP contribution in [0.3, 0.4) is 0 Å². The Bertz CT molecular complexity index is 732. The molecule has 1 aromatic heterocycles. The van der Waals surface area contributed by atoms with Gasteiger partial charge >= 0.3 is 5.97 Å². The van der Waals surface area contributed by atoms with Gasteiger partial charge in [-0.05, 0) is 31.9 Å². The Morgan fingerprint density at radius 1 is 1.35 bits per heavy atom. The van der Waals surface area contributed by atoms with E-state index in [-0.39, 0.29) is 5.92 Å². The zero-order chi connectivity index (χ0) is 16.4. The average molecular weight is 312 g/mol. The maximum Gasteiger partial charge on any atom is 0.308 e. The molecule has 3 N–H and O–H groups in total. The van der Waals surface area contributed by atoms with Crippen molar-refractivity contribution in [3.63, 3.8) is 0 Å². The van der Waals surface area contributed by atoms with Crippen LogP contribution in [-0.4, -0.2) is 34.1 Å². The molecule has 23 heavy (non-hydrogen) atoms. The second-order valence-electron chi connectivity index (χ2n) is 5.94. The van der Waals surface area contributed by atoms with E-state index in [9.17, 15) is 9.90 Å². The van der Waals surface area contributed by atoms with E-state index >= 15 is 0 Å². The highest BCUT2D eigenvalue weighted by molar-refractivity contribution is 5.71. The number of hydrogen-bond acceptors (Lipinski definition) is 5. The second-order valence-corrected chi connectivity index (χ2v) is 5.94. The molecule has 6 nitrogen and oxygen atoms in total. The normalized spacial score (nSPS) is 18.0. The third-order valence-corrected chi connectivity index (χ3v) is 4.08. The lowest BCUT2D eigenvalue weighted by molar-refractivity contribution is -0.141. The molecule has 1 saturated heterocycles. The molecule has 0 saturated carbocycles. The maximum atomic E-state index is 11.3. The number of aryl methyl sites for hydroxylation is 1. The number of aromatic nitrogens is 2. The fraction of sp³-hybridized carbons (Fsp3) is 0.353. The molecule has 1 aromatic carbocycles. The monoisotopic (exact) mass is 312 g/mol. The van der Waals surface area contributed by atoms with E-state index in [4.69, 9.17) is 5.73 Å². The summed E-state index contributed by atoms with van der Waals surface area (Å²) in [6, 6.07) is 9.36. The van der Waals surface area contributed by atoms with Gasteiger partial charge in [0, 0.05) is 36.1 Å². The molecule has 6 heteroatoms. The number of nitrogen functional groups attached to an aromatic ring is 1. The number of piperidine rings is 1. The number of rotatable bonds is 3. The molecule has 0 aliphatic carbocycles. The summed E-state index contributed by atoms with van der Waals surface area (Å²) in [4.78, 5) is 22.4. The van der Waals surface area contributed by atoms with Crippen molar-refractivity contribution in [2.45, 2.75) is 19.8 Å². The molecular weight excluding hydrogens is 292 g/mol. The number of carboxylic acid groups (broad SMARTS) is 1. The van der Waals surface area contributed by atoms with Crippen LogP contribution in [0.5, 0.6) is 0 Å². The van der Waals surface area contributed by atoms with Crippen LogP contribution in [0.25, 0.3) is 11.4 Å². The number of anilines is 2. The summed E-state index contributed by atoms with van der Waals surface area (Å²) in [7, 11) is 0. The fourth-order valence-electron chi connectivity index (χ4n) is 2.91. The first-order chi connectivity index (χ1) is 11.0. The molecule has 120 valence electrons. The van der Waals surface area contributed by atoms with Crippen molar-refractivity contribution < 1.29 is 9.90 Å². The van der Waals surface area contributed by atoms with Crippen LogP contribution in [0, 0.1) is 12.8 Å². The molecule has 0 spiro atoms. The van der Waals surface area contributed by atoms with Crippen molar-refractivity contribution in [3.05, 3.63) is 36.0 Å². The highest BCUT2D eigenvalue weighted by Gasteiger charge is 2.26. The third-order valence-electron chi connectivity index (χ3n) is 4.08. The van der Waals surface area contributed by atoms with E-state index in [1.165, 1.54) is 0 Å². The molecule has 1 unspecified atom stereocenters. The van der Waals surface area contributed by atoms with Gasteiger partial charge in [0.25, 0.3) is 0 Å². The summed E-state index contributed by atoms with van der Waals surface area (Å²) < 4.78 is 0. The van der Waals surface area contributed by atoms with E-state index < -0.39 is 5.97 Å². The van der Waals surface area contributed by atoms with Gasteiger partial charge in [-0.15, -0.1) is 0 Å². The molecule has 0 amide bonds.